The van der Waals surface area contributed by atoms with E-state index in [0.29, 0.717) is 35.1 Å². The molecule has 11 heteroatoms. The van der Waals surface area contributed by atoms with Crippen LogP contribution in [0.3, 0.4) is 0 Å². The van der Waals surface area contributed by atoms with Gasteiger partial charge in [-0.1, -0.05) is 24.3 Å². The lowest BCUT2D eigenvalue weighted by Crippen LogP contribution is -2.53. The Labute approximate surface area is 256 Å². The molecule has 44 heavy (non-hydrogen) atoms. The monoisotopic (exact) mass is 615 g/mol. The van der Waals surface area contributed by atoms with Crippen molar-refractivity contribution in [3.05, 3.63) is 109 Å². The third kappa shape index (κ3) is 7.17. The van der Waals surface area contributed by atoms with E-state index in [0.717, 1.165) is 49.7 Å². The second-order valence-electron chi connectivity index (χ2n) is 11.3. The number of hydrogen-bond acceptors (Lipinski definition) is 6. The Morgan fingerprint density at radius 2 is 1.59 bits per heavy atom. The zero-order chi connectivity index (χ0) is 30.7. The van der Waals surface area contributed by atoms with Crippen LogP contribution in [0.2, 0.25) is 0 Å². The van der Waals surface area contributed by atoms with Crippen LogP contribution < -0.4 is 19.7 Å². The van der Waals surface area contributed by atoms with Crippen molar-refractivity contribution in [2.75, 3.05) is 21.2 Å². The Morgan fingerprint density at radius 1 is 0.932 bits per heavy atom. The quantitative estimate of drug-likeness (QED) is 0.219. The van der Waals surface area contributed by atoms with E-state index in [-0.39, 0.29) is 17.9 Å². The number of nitrogens with zero attached hydrogens (tertiary/aromatic N) is 3. The van der Waals surface area contributed by atoms with Gasteiger partial charge in [-0.15, -0.1) is 0 Å². The SMILES string of the molecule is CS(=O)(=O)Nc1ccc(Oc2ccc(CN3C4CCC3CC(N(C(=O)Nc3ccc(F)cc3)c3ccccc3)C4)cn2)cc1. The molecule has 2 aliphatic heterocycles. The minimum atomic E-state index is -3.34. The van der Waals surface area contributed by atoms with E-state index < -0.39 is 10.0 Å². The summed E-state index contributed by atoms with van der Waals surface area (Å²) in [6, 6.07) is 26.5. The number of hydrogen-bond donors (Lipinski definition) is 2. The van der Waals surface area contributed by atoms with Crippen LogP contribution in [0.1, 0.15) is 31.2 Å². The summed E-state index contributed by atoms with van der Waals surface area (Å²) in [6.45, 7) is 0.758. The molecule has 0 aliphatic carbocycles. The number of sulfonamides is 1. The molecule has 2 aliphatic rings. The molecule has 4 aromatic rings. The lowest BCUT2D eigenvalue weighted by Gasteiger charge is -2.43. The highest BCUT2D eigenvalue weighted by atomic mass is 32.2. The van der Waals surface area contributed by atoms with Crippen LogP contribution in [-0.2, 0) is 16.6 Å². The molecule has 2 fully saturated rings. The molecule has 9 nitrogen and oxygen atoms in total. The first-order valence-electron chi connectivity index (χ1n) is 14.6. The van der Waals surface area contributed by atoms with Gasteiger partial charge in [0.15, 0.2) is 0 Å². The number of para-hydroxylation sites is 1. The first-order chi connectivity index (χ1) is 21.2. The fraction of sp³-hybridized carbons (Fsp3) is 0.273. The molecule has 6 rings (SSSR count). The van der Waals surface area contributed by atoms with Gasteiger partial charge in [-0.25, -0.2) is 22.6 Å². The van der Waals surface area contributed by atoms with E-state index in [1.54, 1.807) is 36.4 Å². The number of halogens is 1. The van der Waals surface area contributed by atoms with Gasteiger partial charge in [-0.2, -0.15) is 0 Å². The minimum absolute atomic E-state index is 0.0273. The summed E-state index contributed by atoms with van der Waals surface area (Å²) in [4.78, 5) is 22.5. The molecule has 0 radical (unpaired) electrons. The zero-order valence-electron chi connectivity index (χ0n) is 24.3. The highest BCUT2D eigenvalue weighted by Crippen LogP contribution is 2.40. The summed E-state index contributed by atoms with van der Waals surface area (Å²) in [6.07, 6.45) is 6.77. The molecule has 2 saturated heterocycles. The number of benzene rings is 3. The largest absolute Gasteiger partial charge is 0.439 e. The van der Waals surface area contributed by atoms with Gasteiger partial charge in [-0.3, -0.25) is 14.5 Å². The van der Waals surface area contributed by atoms with E-state index in [1.807, 2.05) is 53.6 Å². The summed E-state index contributed by atoms with van der Waals surface area (Å²) in [5.74, 6) is 0.654. The number of anilines is 3. The summed E-state index contributed by atoms with van der Waals surface area (Å²) >= 11 is 0. The van der Waals surface area contributed by atoms with Crippen molar-refractivity contribution < 1.29 is 22.3 Å². The van der Waals surface area contributed by atoms with Gasteiger partial charge in [0.05, 0.1) is 6.26 Å². The predicted octanol–water partition coefficient (Wildman–Crippen LogP) is 6.62. The summed E-state index contributed by atoms with van der Waals surface area (Å²) in [7, 11) is -3.34. The lowest BCUT2D eigenvalue weighted by molar-refractivity contribution is 0.118. The number of ether oxygens (including phenoxy) is 1. The van der Waals surface area contributed by atoms with Gasteiger partial charge >= 0.3 is 6.03 Å². The third-order valence-corrected chi connectivity index (χ3v) is 8.72. The maximum atomic E-state index is 13.6. The maximum absolute atomic E-state index is 13.6. The fourth-order valence-electron chi connectivity index (χ4n) is 6.22. The van der Waals surface area contributed by atoms with Crippen LogP contribution in [0.4, 0.5) is 26.2 Å². The predicted molar refractivity (Wildman–Crippen MR) is 169 cm³/mol. The molecule has 2 amide bonds. The molecule has 1 aromatic heterocycles. The number of carbonyl (C=O) groups is 1. The molecule has 0 spiro atoms. The van der Waals surface area contributed by atoms with Crippen LogP contribution >= 0.6 is 0 Å². The molecular weight excluding hydrogens is 581 g/mol. The Hall–Kier alpha value is -4.48. The highest BCUT2D eigenvalue weighted by molar-refractivity contribution is 7.92. The molecule has 3 heterocycles. The topological polar surface area (TPSA) is 104 Å². The molecular formula is C33H34FN5O4S. The van der Waals surface area contributed by atoms with E-state index in [1.165, 1.54) is 12.1 Å². The number of urea groups is 1. The first-order valence-corrected chi connectivity index (χ1v) is 16.5. The number of fused-ring (bicyclic) bond motifs is 2. The van der Waals surface area contributed by atoms with Crippen molar-refractivity contribution in [3.63, 3.8) is 0 Å². The number of rotatable bonds is 9. The summed E-state index contributed by atoms with van der Waals surface area (Å²) in [5, 5.41) is 2.96. The first kappa shape index (κ1) is 29.6. The molecule has 3 aromatic carbocycles. The molecule has 2 atom stereocenters. The Morgan fingerprint density at radius 3 is 2.20 bits per heavy atom. The van der Waals surface area contributed by atoms with Crippen LogP contribution in [0, 0.1) is 5.82 Å². The number of nitrogens with one attached hydrogen (secondary N) is 2. The smallest absolute Gasteiger partial charge is 0.326 e. The second-order valence-corrected chi connectivity index (χ2v) is 13.1. The van der Waals surface area contributed by atoms with Crippen molar-refractivity contribution in [1.82, 2.24) is 9.88 Å². The number of pyridine rings is 1. The average molecular weight is 616 g/mol. The third-order valence-electron chi connectivity index (χ3n) is 8.12. The van der Waals surface area contributed by atoms with Gasteiger partial charge in [-0.05, 0) is 91.9 Å². The number of carbonyl (C=O) groups excluding carboxylic acids is 1. The molecule has 2 N–H and O–H groups in total. The molecule has 2 bridgehead atoms. The van der Waals surface area contributed by atoms with Crippen molar-refractivity contribution in [2.45, 2.75) is 50.4 Å². The van der Waals surface area contributed by atoms with E-state index in [9.17, 15) is 17.6 Å². The van der Waals surface area contributed by atoms with Gasteiger partial charge in [0.2, 0.25) is 15.9 Å². The second kappa shape index (κ2) is 12.6. The standard InChI is InChI=1S/C33H34FN5O4S/c1-44(41,42)37-26-12-16-31(17-13-26)43-32-18-7-23(21-35-32)22-38-28-14-15-29(38)20-30(19-28)39(27-5-3-2-4-6-27)33(40)36-25-10-8-24(34)9-11-25/h2-13,16-18,21,28-30,37H,14-15,19-20,22H2,1H3,(H,36,40). The van der Waals surface area contributed by atoms with E-state index in [4.69, 9.17) is 4.74 Å². The minimum Gasteiger partial charge on any atom is -0.439 e. The van der Waals surface area contributed by atoms with E-state index in [2.05, 4.69) is 19.9 Å². The van der Waals surface area contributed by atoms with Crippen LogP contribution in [0.15, 0.2) is 97.2 Å². The number of piperidine rings is 1. The Balaban J connectivity index is 1.10. The number of aromatic nitrogens is 1. The van der Waals surface area contributed by atoms with Crippen LogP contribution in [0.25, 0.3) is 0 Å². The van der Waals surface area contributed by atoms with E-state index >= 15 is 0 Å². The summed E-state index contributed by atoms with van der Waals surface area (Å²) in [5.41, 5.74) is 2.93. The van der Waals surface area contributed by atoms with Crippen molar-refractivity contribution >= 4 is 33.1 Å². The van der Waals surface area contributed by atoms with Crippen molar-refractivity contribution in [1.29, 1.82) is 0 Å². The van der Waals surface area contributed by atoms with Crippen LogP contribution in [0.5, 0.6) is 11.6 Å². The molecule has 2 unspecified atom stereocenters. The average Bonchev–Trinajstić information content (AvgIpc) is 3.22. The highest BCUT2D eigenvalue weighted by Gasteiger charge is 2.43. The van der Waals surface area contributed by atoms with Gasteiger partial charge in [0.25, 0.3) is 0 Å². The Bertz CT molecular complexity index is 1670. The molecule has 228 valence electrons. The van der Waals surface area contributed by atoms with Gasteiger partial charge < -0.3 is 10.1 Å². The van der Waals surface area contributed by atoms with Gasteiger partial charge in [0, 0.05) is 54.0 Å². The van der Waals surface area contributed by atoms with Crippen molar-refractivity contribution in [3.8, 4) is 11.6 Å². The molecule has 0 saturated carbocycles. The number of amides is 2. The lowest BCUT2D eigenvalue weighted by atomic mass is 9.95. The maximum Gasteiger partial charge on any atom is 0.326 e. The van der Waals surface area contributed by atoms with Gasteiger partial charge in [0.1, 0.15) is 11.6 Å². The fourth-order valence-corrected chi connectivity index (χ4v) is 6.78. The summed E-state index contributed by atoms with van der Waals surface area (Å²) < 4.78 is 44.5. The Kier molecular flexibility index (Phi) is 8.49. The zero-order valence-corrected chi connectivity index (χ0v) is 25.1. The normalized spacial score (nSPS) is 19.7. The van der Waals surface area contributed by atoms with Crippen LogP contribution in [-0.4, -0.2) is 48.7 Å². The van der Waals surface area contributed by atoms with Crippen molar-refractivity contribution in [2.24, 2.45) is 0 Å².